The van der Waals surface area contributed by atoms with Crippen LogP contribution in [0, 0.1) is 0 Å². The molecule has 1 aliphatic rings. The van der Waals surface area contributed by atoms with E-state index in [-0.39, 0.29) is 5.91 Å². The molecule has 0 saturated carbocycles. The number of anilines is 2. The first-order chi connectivity index (χ1) is 14.1. The van der Waals surface area contributed by atoms with E-state index in [1.165, 1.54) is 11.3 Å². The molecule has 1 heterocycles. The fraction of sp³-hybridized carbons (Fsp3) is 0.167. The monoisotopic (exact) mass is 385 g/mol. The molecule has 3 aromatic carbocycles. The van der Waals surface area contributed by atoms with Gasteiger partial charge in [-0.2, -0.15) is 0 Å². The van der Waals surface area contributed by atoms with Crippen LogP contribution in [-0.2, 0) is 13.0 Å². The van der Waals surface area contributed by atoms with Crippen molar-refractivity contribution in [2.75, 3.05) is 16.8 Å². The molecule has 4 rings (SSSR count). The minimum absolute atomic E-state index is 0.270. The lowest BCUT2D eigenvalue weighted by atomic mass is 10.0. The number of rotatable bonds is 5. The largest absolute Gasteiger partial charge is 0.367 e. The topological polar surface area (TPSA) is 75.4 Å². The lowest BCUT2D eigenvalue weighted by Gasteiger charge is -2.31. The van der Waals surface area contributed by atoms with Gasteiger partial charge < -0.3 is 16.0 Å². The Morgan fingerprint density at radius 1 is 0.931 bits per heavy atom. The van der Waals surface area contributed by atoms with Gasteiger partial charge in [-0.15, -0.1) is 0 Å². The molecule has 0 radical (unpaired) electrons. The summed E-state index contributed by atoms with van der Waals surface area (Å²) in [5.41, 5.74) is 10.5. The molecule has 0 fully saturated rings. The maximum Gasteiger partial charge on any atom is 0.255 e. The SMILES string of the molecule is NC(=O)c1ccccc1NC(=O)c1ccc(CN2CCCc3ccccc32)cc1. The second-order valence-corrected chi connectivity index (χ2v) is 7.21. The number of nitrogens with zero attached hydrogens (tertiary/aromatic N) is 1. The van der Waals surface area contributed by atoms with Crippen LogP contribution in [0.2, 0.25) is 0 Å². The molecular formula is C24H23N3O2. The molecule has 0 unspecified atom stereocenters. The standard InChI is InChI=1S/C24H23N3O2/c25-23(28)20-8-2-3-9-21(20)26-24(29)19-13-11-17(12-14-19)16-27-15-5-7-18-6-1-4-10-22(18)27/h1-4,6,8-14H,5,7,15-16H2,(H2,25,28)(H,26,29). The number of amides is 2. The predicted molar refractivity (Wildman–Crippen MR) is 115 cm³/mol. The van der Waals surface area contributed by atoms with Crippen molar-refractivity contribution in [2.45, 2.75) is 19.4 Å². The van der Waals surface area contributed by atoms with Crippen molar-refractivity contribution in [2.24, 2.45) is 5.73 Å². The number of primary amides is 1. The average molecular weight is 385 g/mol. The number of fused-ring (bicyclic) bond motifs is 1. The van der Waals surface area contributed by atoms with Crippen molar-refractivity contribution in [1.82, 2.24) is 0 Å². The van der Waals surface area contributed by atoms with Gasteiger partial charge in [0.25, 0.3) is 11.8 Å². The first-order valence-corrected chi connectivity index (χ1v) is 9.74. The lowest BCUT2D eigenvalue weighted by Crippen LogP contribution is -2.28. The Hall–Kier alpha value is -3.60. The van der Waals surface area contributed by atoms with E-state index in [1.807, 2.05) is 24.3 Å². The van der Waals surface area contributed by atoms with E-state index in [4.69, 9.17) is 5.73 Å². The van der Waals surface area contributed by atoms with Crippen LogP contribution in [0.5, 0.6) is 0 Å². The molecule has 0 bridgehead atoms. The van der Waals surface area contributed by atoms with Crippen LogP contribution in [0.3, 0.4) is 0 Å². The Bertz CT molecular complexity index is 1040. The molecule has 5 heteroatoms. The average Bonchev–Trinajstić information content (AvgIpc) is 2.75. The fourth-order valence-electron chi connectivity index (χ4n) is 3.76. The summed E-state index contributed by atoms with van der Waals surface area (Å²) in [4.78, 5) is 26.5. The maximum atomic E-state index is 12.6. The van der Waals surface area contributed by atoms with E-state index >= 15 is 0 Å². The van der Waals surface area contributed by atoms with Crippen LogP contribution in [0.15, 0.2) is 72.8 Å². The summed E-state index contributed by atoms with van der Waals surface area (Å²) in [6.07, 6.45) is 2.27. The number of nitrogens with two attached hydrogens (primary N) is 1. The zero-order chi connectivity index (χ0) is 20.2. The summed E-state index contributed by atoms with van der Waals surface area (Å²) in [6, 6.07) is 22.8. The molecule has 0 aliphatic carbocycles. The highest BCUT2D eigenvalue weighted by Crippen LogP contribution is 2.28. The fourth-order valence-corrected chi connectivity index (χ4v) is 3.76. The van der Waals surface area contributed by atoms with Crippen LogP contribution in [0.1, 0.15) is 38.3 Å². The van der Waals surface area contributed by atoms with Crippen molar-refractivity contribution < 1.29 is 9.59 Å². The molecule has 0 saturated heterocycles. The Morgan fingerprint density at radius 2 is 1.66 bits per heavy atom. The number of para-hydroxylation sites is 2. The summed E-state index contributed by atoms with van der Waals surface area (Å²) < 4.78 is 0. The summed E-state index contributed by atoms with van der Waals surface area (Å²) in [5, 5.41) is 2.77. The molecule has 146 valence electrons. The van der Waals surface area contributed by atoms with E-state index in [0.717, 1.165) is 31.5 Å². The molecule has 1 aliphatic heterocycles. The Morgan fingerprint density at radius 3 is 2.45 bits per heavy atom. The van der Waals surface area contributed by atoms with Crippen molar-refractivity contribution in [3.8, 4) is 0 Å². The van der Waals surface area contributed by atoms with Crippen LogP contribution in [-0.4, -0.2) is 18.4 Å². The smallest absolute Gasteiger partial charge is 0.255 e. The van der Waals surface area contributed by atoms with E-state index < -0.39 is 5.91 Å². The number of nitrogens with one attached hydrogen (secondary N) is 1. The Labute approximate surface area is 170 Å². The van der Waals surface area contributed by atoms with Gasteiger partial charge in [-0.3, -0.25) is 9.59 Å². The van der Waals surface area contributed by atoms with E-state index in [2.05, 4.69) is 34.5 Å². The molecule has 0 spiro atoms. The zero-order valence-electron chi connectivity index (χ0n) is 16.1. The first-order valence-electron chi connectivity index (χ1n) is 9.74. The zero-order valence-corrected chi connectivity index (χ0v) is 16.1. The second-order valence-electron chi connectivity index (χ2n) is 7.21. The number of carbonyl (C=O) groups is 2. The van der Waals surface area contributed by atoms with Gasteiger partial charge in [0, 0.05) is 24.3 Å². The third kappa shape index (κ3) is 4.14. The third-order valence-electron chi connectivity index (χ3n) is 5.24. The number of benzene rings is 3. The van der Waals surface area contributed by atoms with Crippen LogP contribution in [0.4, 0.5) is 11.4 Å². The van der Waals surface area contributed by atoms with Crippen molar-refractivity contribution >= 4 is 23.2 Å². The van der Waals surface area contributed by atoms with Crippen LogP contribution < -0.4 is 16.0 Å². The molecule has 29 heavy (non-hydrogen) atoms. The number of aryl methyl sites for hydroxylation is 1. The first kappa shape index (κ1) is 18.7. The highest BCUT2D eigenvalue weighted by molar-refractivity contribution is 6.08. The number of hydrogen-bond acceptors (Lipinski definition) is 3. The summed E-state index contributed by atoms with van der Waals surface area (Å²) >= 11 is 0. The maximum absolute atomic E-state index is 12.6. The van der Waals surface area contributed by atoms with Gasteiger partial charge in [0.2, 0.25) is 0 Å². The predicted octanol–water partition coefficient (Wildman–Crippen LogP) is 3.99. The minimum atomic E-state index is -0.571. The minimum Gasteiger partial charge on any atom is -0.367 e. The molecule has 0 aromatic heterocycles. The number of hydrogen-bond donors (Lipinski definition) is 2. The number of carbonyl (C=O) groups excluding carboxylic acids is 2. The van der Waals surface area contributed by atoms with E-state index in [0.29, 0.717) is 16.8 Å². The van der Waals surface area contributed by atoms with E-state index in [1.54, 1.807) is 24.3 Å². The van der Waals surface area contributed by atoms with Crippen LogP contribution >= 0.6 is 0 Å². The summed E-state index contributed by atoms with van der Waals surface area (Å²) in [6.45, 7) is 1.84. The molecule has 3 N–H and O–H groups in total. The van der Waals surface area contributed by atoms with Gasteiger partial charge in [-0.1, -0.05) is 42.5 Å². The van der Waals surface area contributed by atoms with Crippen molar-refractivity contribution in [1.29, 1.82) is 0 Å². The van der Waals surface area contributed by atoms with E-state index in [9.17, 15) is 9.59 Å². The third-order valence-corrected chi connectivity index (χ3v) is 5.24. The van der Waals surface area contributed by atoms with Crippen molar-refractivity contribution in [3.05, 3.63) is 95.1 Å². The summed E-state index contributed by atoms with van der Waals surface area (Å²) in [7, 11) is 0. The normalized spacial score (nSPS) is 12.9. The lowest BCUT2D eigenvalue weighted by molar-refractivity contribution is 0.100. The summed E-state index contributed by atoms with van der Waals surface area (Å²) in [5.74, 6) is -0.841. The quantitative estimate of drug-likeness (QED) is 0.697. The second kappa shape index (κ2) is 8.19. The molecule has 2 amide bonds. The van der Waals surface area contributed by atoms with Gasteiger partial charge in [0.1, 0.15) is 0 Å². The Balaban J connectivity index is 1.46. The van der Waals surface area contributed by atoms with Gasteiger partial charge in [-0.25, -0.2) is 0 Å². The van der Waals surface area contributed by atoms with Gasteiger partial charge in [0.05, 0.1) is 11.3 Å². The van der Waals surface area contributed by atoms with Gasteiger partial charge in [0.15, 0.2) is 0 Å². The molecular weight excluding hydrogens is 362 g/mol. The highest BCUT2D eigenvalue weighted by Gasteiger charge is 2.17. The van der Waals surface area contributed by atoms with Crippen molar-refractivity contribution in [3.63, 3.8) is 0 Å². The molecule has 3 aromatic rings. The molecule has 5 nitrogen and oxygen atoms in total. The van der Waals surface area contributed by atoms with Gasteiger partial charge >= 0.3 is 0 Å². The molecule has 0 atom stereocenters. The highest BCUT2D eigenvalue weighted by atomic mass is 16.2. The van der Waals surface area contributed by atoms with Crippen LogP contribution in [0.25, 0.3) is 0 Å². The Kier molecular flexibility index (Phi) is 5.29. The van der Waals surface area contributed by atoms with Gasteiger partial charge in [-0.05, 0) is 54.3 Å².